The average molecular weight is 372 g/mol. The molecule has 6 nitrogen and oxygen atoms in total. The van der Waals surface area contributed by atoms with Crippen molar-refractivity contribution in [2.45, 2.75) is 12.5 Å². The summed E-state index contributed by atoms with van der Waals surface area (Å²) < 4.78 is 0. The predicted octanol–water partition coefficient (Wildman–Crippen LogP) is 3.01. The van der Waals surface area contributed by atoms with Crippen LogP contribution in [0.25, 0.3) is 11.1 Å². The molecule has 0 aliphatic heterocycles. The topological polar surface area (TPSA) is 86.3 Å². The van der Waals surface area contributed by atoms with Gasteiger partial charge in [-0.05, 0) is 0 Å². The minimum atomic E-state index is -1.87. The van der Waals surface area contributed by atoms with Crippen molar-refractivity contribution in [2.24, 2.45) is 0 Å². The fraction of sp³-hybridized carbons (Fsp3) is 0.133. The summed E-state index contributed by atoms with van der Waals surface area (Å²) in [4.78, 5) is 21.9. The van der Waals surface area contributed by atoms with Crippen LogP contribution < -0.4 is 0 Å². The van der Waals surface area contributed by atoms with Gasteiger partial charge in [-0.15, -0.1) is 23.3 Å². The van der Waals surface area contributed by atoms with E-state index in [4.69, 9.17) is 0 Å². The minimum absolute atomic E-state index is 0. The molecule has 0 aromatic heterocycles. The zero-order chi connectivity index (χ0) is 15.2. The molecular weight excluding hydrogens is 361 g/mol. The summed E-state index contributed by atoms with van der Waals surface area (Å²) in [7, 11) is 0. The molecule has 3 rings (SSSR count). The van der Waals surface area contributed by atoms with E-state index in [9.17, 15) is 20.2 Å². The van der Waals surface area contributed by atoms with Crippen LogP contribution in [0.3, 0.4) is 0 Å². The van der Waals surface area contributed by atoms with Gasteiger partial charge in [0.05, 0.1) is 0 Å². The van der Waals surface area contributed by atoms with Gasteiger partial charge in [-0.25, -0.2) is 0 Å². The second kappa shape index (κ2) is 5.78. The third kappa shape index (κ3) is 2.14. The quantitative estimate of drug-likeness (QED) is 0.461. The Morgan fingerprint density at radius 2 is 1.50 bits per heavy atom. The fourth-order valence-electron chi connectivity index (χ4n) is 2.92. The third-order valence-corrected chi connectivity index (χ3v) is 3.93. The molecular formula is C15H11N2O4Y-. The molecule has 0 saturated carbocycles. The Morgan fingerprint density at radius 1 is 0.955 bits per heavy atom. The summed E-state index contributed by atoms with van der Waals surface area (Å²) in [5.41, 5.74) is 0.104. The second-order valence-electron chi connectivity index (χ2n) is 5.03. The maximum atomic E-state index is 11.6. The van der Waals surface area contributed by atoms with Crippen molar-refractivity contribution in [3.8, 4) is 11.1 Å². The van der Waals surface area contributed by atoms with Crippen LogP contribution in [0.4, 0.5) is 0 Å². The van der Waals surface area contributed by atoms with Gasteiger partial charge in [0.2, 0.25) is 6.04 Å². The summed E-state index contributed by atoms with van der Waals surface area (Å²) in [6, 6.07) is 13.1. The normalized spacial score (nSPS) is 18.7. The molecule has 1 aliphatic rings. The molecule has 0 heterocycles. The van der Waals surface area contributed by atoms with E-state index in [0.717, 1.165) is 0 Å². The van der Waals surface area contributed by atoms with Crippen molar-refractivity contribution in [1.29, 1.82) is 0 Å². The number of nitrogens with zero attached hydrogens (tertiary/aromatic N) is 2. The molecule has 1 aliphatic carbocycles. The molecule has 1 unspecified atom stereocenters. The summed E-state index contributed by atoms with van der Waals surface area (Å²) in [5.74, 6) is 0. The monoisotopic (exact) mass is 372 g/mol. The van der Waals surface area contributed by atoms with Gasteiger partial charge in [-0.1, -0.05) is 35.9 Å². The Morgan fingerprint density at radius 3 is 2.09 bits per heavy atom. The molecule has 0 spiro atoms. The summed E-state index contributed by atoms with van der Waals surface area (Å²) in [6.45, 7) is 1.29. The van der Waals surface area contributed by atoms with E-state index in [1.165, 1.54) is 6.92 Å². The zero-order valence-corrected chi connectivity index (χ0v) is 14.6. The molecule has 0 N–H and O–H groups in total. The minimum Gasteiger partial charge on any atom is -0.270 e. The predicted molar refractivity (Wildman–Crippen MR) is 75.6 cm³/mol. The molecule has 7 heteroatoms. The molecule has 22 heavy (non-hydrogen) atoms. The molecule has 0 fully saturated rings. The van der Waals surface area contributed by atoms with Crippen LogP contribution in [0.15, 0.2) is 48.5 Å². The van der Waals surface area contributed by atoms with Crippen molar-refractivity contribution >= 4 is 0 Å². The first-order chi connectivity index (χ1) is 9.98. The second-order valence-corrected chi connectivity index (χ2v) is 5.03. The number of hydrogen-bond acceptors (Lipinski definition) is 4. The van der Waals surface area contributed by atoms with Gasteiger partial charge in [-0.3, -0.25) is 20.2 Å². The van der Waals surface area contributed by atoms with E-state index in [-0.39, 0.29) is 38.8 Å². The van der Waals surface area contributed by atoms with E-state index >= 15 is 0 Å². The van der Waals surface area contributed by atoms with Crippen LogP contribution in [0, 0.1) is 26.3 Å². The molecule has 0 saturated heterocycles. The largest absolute Gasteiger partial charge is 0.290 e. The summed E-state index contributed by atoms with van der Waals surface area (Å²) >= 11 is 0. The van der Waals surface area contributed by atoms with Crippen molar-refractivity contribution in [3.05, 3.63) is 85.9 Å². The van der Waals surface area contributed by atoms with Gasteiger partial charge in [0.25, 0.3) is 5.54 Å². The molecule has 0 amide bonds. The van der Waals surface area contributed by atoms with Crippen LogP contribution in [0.2, 0.25) is 0 Å². The van der Waals surface area contributed by atoms with Crippen LogP contribution in [0.5, 0.6) is 0 Å². The Labute approximate surface area is 151 Å². The number of benzene rings is 2. The molecule has 2 aromatic carbocycles. The van der Waals surface area contributed by atoms with E-state index in [0.29, 0.717) is 22.3 Å². The van der Waals surface area contributed by atoms with Gasteiger partial charge in [0.1, 0.15) is 0 Å². The Balaban J connectivity index is 0.00000176. The van der Waals surface area contributed by atoms with Crippen molar-refractivity contribution in [1.82, 2.24) is 0 Å². The number of hydrogen-bond donors (Lipinski definition) is 0. The summed E-state index contributed by atoms with van der Waals surface area (Å²) in [6.07, 6.45) is 0. The first-order valence-corrected chi connectivity index (χ1v) is 6.33. The van der Waals surface area contributed by atoms with Gasteiger partial charge in [0.15, 0.2) is 0 Å². The van der Waals surface area contributed by atoms with Gasteiger partial charge >= 0.3 is 0 Å². The SMILES string of the molecule is CC1([N+](=O)[O-])c2ccccc2-c2ccccc2[C-]1[N+](=O)[O-].[Y]. The Hall–Kier alpha value is -1.79. The van der Waals surface area contributed by atoms with Crippen LogP contribution in [-0.4, -0.2) is 9.85 Å². The first-order valence-electron chi connectivity index (χ1n) is 6.33. The average Bonchev–Trinajstić information content (AvgIpc) is 2.47. The molecule has 109 valence electrons. The maximum Gasteiger partial charge on any atom is 0.290 e. The van der Waals surface area contributed by atoms with Crippen LogP contribution in [0.1, 0.15) is 18.1 Å². The fourth-order valence-corrected chi connectivity index (χ4v) is 2.92. The Bertz CT molecular complexity index is 765. The summed E-state index contributed by atoms with van der Waals surface area (Å²) in [5, 5.41) is 23.2. The van der Waals surface area contributed by atoms with Crippen LogP contribution in [-0.2, 0) is 38.2 Å². The number of fused-ring (bicyclic) bond motifs is 3. The standard InChI is InChI=1S/C15H11N2O4.Y/c1-15(17(20)21)13-9-5-4-7-11(13)10-6-2-3-8-12(10)14(15)16(18)19;/h2-9H,1H3;/q-1;. The maximum absolute atomic E-state index is 11.6. The van der Waals surface area contributed by atoms with E-state index in [1.54, 1.807) is 48.5 Å². The van der Waals surface area contributed by atoms with E-state index < -0.39 is 15.4 Å². The van der Waals surface area contributed by atoms with Crippen molar-refractivity contribution < 1.29 is 42.6 Å². The number of rotatable bonds is 2. The molecule has 1 radical (unpaired) electrons. The van der Waals surface area contributed by atoms with Gasteiger partial charge in [-0.2, -0.15) is 6.07 Å². The molecule has 2 aromatic rings. The van der Waals surface area contributed by atoms with Crippen molar-refractivity contribution in [3.63, 3.8) is 0 Å². The van der Waals surface area contributed by atoms with Crippen molar-refractivity contribution in [2.75, 3.05) is 0 Å². The van der Waals surface area contributed by atoms with Crippen LogP contribution >= 0.6 is 0 Å². The third-order valence-electron chi connectivity index (χ3n) is 3.93. The van der Waals surface area contributed by atoms with E-state index in [2.05, 4.69) is 0 Å². The first kappa shape index (κ1) is 16.6. The zero-order valence-electron chi connectivity index (χ0n) is 11.7. The smallest absolute Gasteiger partial charge is 0.270 e. The molecule has 0 bridgehead atoms. The number of nitro groups is 2. The van der Waals surface area contributed by atoms with Gasteiger partial charge in [0, 0.05) is 55.0 Å². The van der Waals surface area contributed by atoms with Gasteiger partial charge < -0.3 is 0 Å². The Kier molecular flexibility index (Phi) is 4.36. The molecule has 1 atom stereocenters. The van der Waals surface area contributed by atoms with E-state index in [1.807, 2.05) is 0 Å².